The first-order valence-electron chi connectivity index (χ1n) is 8.24. The molecule has 0 bridgehead atoms. The molecule has 7 heteroatoms. The lowest BCUT2D eigenvalue weighted by atomic mass is 10.2. The molecule has 0 aliphatic carbocycles. The quantitative estimate of drug-likeness (QED) is 0.699. The lowest BCUT2D eigenvalue weighted by Crippen LogP contribution is -2.42. The maximum Gasteiger partial charge on any atom is 0.331 e. The molecule has 1 aromatic heterocycles. The largest absolute Gasteiger partial charge is 0.491 e. The number of hydrogen-bond acceptors (Lipinski definition) is 5. The number of fused-ring (bicyclic) bond motifs is 1. The molecule has 0 spiro atoms. The number of rotatable bonds is 7. The molecule has 0 unspecified atom stereocenters. The van der Waals surface area contributed by atoms with Crippen molar-refractivity contribution in [3.05, 3.63) is 62.4 Å². The minimum absolute atomic E-state index is 0.0736. The number of para-hydroxylation sites is 1. The van der Waals surface area contributed by atoms with Gasteiger partial charge >= 0.3 is 5.69 Å². The van der Waals surface area contributed by atoms with Crippen LogP contribution in [0, 0.1) is 11.3 Å². The van der Waals surface area contributed by atoms with Crippen LogP contribution in [0.25, 0.3) is 0 Å². The molecule has 3 rings (SSSR count). The first-order chi connectivity index (χ1) is 12.2. The Morgan fingerprint density at radius 1 is 1.12 bits per heavy atom. The van der Waals surface area contributed by atoms with Crippen LogP contribution in [0.1, 0.15) is 17.7 Å². The van der Waals surface area contributed by atoms with Gasteiger partial charge < -0.3 is 9.47 Å². The summed E-state index contributed by atoms with van der Waals surface area (Å²) in [7, 11) is 0. The van der Waals surface area contributed by atoms with Crippen LogP contribution in [0.4, 0.5) is 0 Å². The zero-order valence-corrected chi connectivity index (χ0v) is 13.8. The van der Waals surface area contributed by atoms with E-state index < -0.39 is 5.56 Å². The van der Waals surface area contributed by atoms with Crippen LogP contribution in [0.15, 0.2) is 39.9 Å². The van der Waals surface area contributed by atoms with Gasteiger partial charge in [-0.25, -0.2) is 4.79 Å². The van der Waals surface area contributed by atoms with Crippen LogP contribution in [0.3, 0.4) is 0 Å². The molecule has 0 N–H and O–H groups in total. The van der Waals surface area contributed by atoms with Crippen molar-refractivity contribution < 1.29 is 9.47 Å². The van der Waals surface area contributed by atoms with Crippen molar-refractivity contribution in [1.29, 1.82) is 5.26 Å². The van der Waals surface area contributed by atoms with E-state index in [1.54, 1.807) is 0 Å². The van der Waals surface area contributed by atoms with Crippen molar-refractivity contribution in [3.63, 3.8) is 0 Å². The molecule has 130 valence electrons. The molecule has 1 aromatic carbocycles. The number of hydrogen-bond donors (Lipinski definition) is 0. The van der Waals surface area contributed by atoms with Gasteiger partial charge in [-0.2, -0.15) is 5.26 Å². The smallest absolute Gasteiger partial charge is 0.331 e. The minimum Gasteiger partial charge on any atom is -0.491 e. The van der Waals surface area contributed by atoms with Gasteiger partial charge in [0.25, 0.3) is 5.56 Å². The molecular weight excluding hydrogens is 322 g/mol. The average molecular weight is 341 g/mol. The average Bonchev–Trinajstić information content (AvgIpc) is 3.11. The number of benzene rings is 1. The third kappa shape index (κ3) is 3.64. The Labute approximate surface area is 144 Å². The van der Waals surface area contributed by atoms with Crippen molar-refractivity contribution in [2.24, 2.45) is 0 Å². The Hall–Kier alpha value is -2.85. The number of nitrogens with zero attached hydrogens (tertiary/aromatic N) is 3. The van der Waals surface area contributed by atoms with Gasteiger partial charge in [0.15, 0.2) is 0 Å². The Morgan fingerprint density at radius 2 is 1.92 bits per heavy atom. The van der Waals surface area contributed by atoms with Gasteiger partial charge in [0, 0.05) is 12.2 Å². The summed E-state index contributed by atoms with van der Waals surface area (Å²) >= 11 is 0. The summed E-state index contributed by atoms with van der Waals surface area (Å²) in [5.41, 5.74) is -0.249. The third-order valence-electron chi connectivity index (χ3n) is 4.14. The molecular formula is C18H19N3O4. The van der Waals surface area contributed by atoms with Gasteiger partial charge in [0.05, 0.1) is 19.8 Å². The van der Waals surface area contributed by atoms with Crippen molar-refractivity contribution in [1.82, 2.24) is 9.13 Å². The van der Waals surface area contributed by atoms with Gasteiger partial charge in [0.2, 0.25) is 0 Å². The van der Waals surface area contributed by atoms with E-state index in [2.05, 4.69) is 0 Å². The summed E-state index contributed by atoms with van der Waals surface area (Å²) in [6, 6.07) is 11.3. The Morgan fingerprint density at radius 3 is 2.68 bits per heavy atom. The van der Waals surface area contributed by atoms with E-state index in [1.165, 1.54) is 4.57 Å². The zero-order valence-electron chi connectivity index (χ0n) is 13.8. The first-order valence-corrected chi connectivity index (χ1v) is 8.24. The third-order valence-corrected chi connectivity index (χ3v) is 4.14. The Balaban J connectivity index is 1.56. The SMILES string of the molecule is N#Cc1c2n(c(=O)n(CCOCCOc3ccccc3)c1=O)CCC2. The van der Waals surface area contributed by atoms with E-state index in [0.29, 0.717) is 31.9 Å². The summed E-state index contributed by atoms with van der Waals surface area (Å²) in [4.78, 5) is 24.7. The molecule has 0 amide bonds. The fourth-order valence-corrected chi connectivity index (χ4v) is 2.94. The fraction of sp³-hybridized carbons (Fsp3) is 0.389. The standard InChI is InChI=1S/C18H19N3O4/c19-13-15-16-7-4-8-20(16)18(23)21(17(15)22)9-10-24-11-12-25-14-5-2-1-3-6-14/h1-3,5-6H,4,7-12H2. The Bertz CT molecular complexity index is 894. The van der Waals surface area contributed by atoms with E-state index >= 15 is 0 Å². The lowest BCUT2D eigenvalue weighted by molar-refractivity contribution is 0.0930. The van der Waals surface area contributed by atoms with Crippen LogP contribution >= 0.6 is 0 Å². The first kappa shape index (κ1) is 17.0. The molecule has 0 saturated carbocycles. The molecule has 2 heterocycles. The van der Waals surface area contributed by atoms with E-state index in [0.717, 1.165) is 16.7 Å². The van der Waals surface area contributed by atoms with E-state index in [1.807, 2.05) is 36.4 Å². The van der Waals surface area contributed by atoms with Crippen molar-refractivity contribution in [2.45, 2.75) is 25.9 Å². The van der Waals surface area contributed by atoms with Crippen LogP contribution in [-0.4, -0.2) is 29.0 Å². The summed E-state index contributed by atoms with van der Waals surface area (Å²) < 4.78 is 13.6. The zero-order chi connectivity index (χ0) is 17.6. The summed E-state index contributed by atoms with van der Waals surface area (Å²) in [6.07, 6.45) is 1.38. The molecule has 25 heavy (non-hydrogen) atoms. The number of nitriles is 1. The number of ether oxygens (including phenoxy) is 2. The highest BCUT2D eigenvalue weighted by Gasteiger charge is 2.22. The molecule has 1 aliphatic rings. The topological polar surface area (TPSA) is 86.2 Å². The number of aromatic nitrogens is 2. The molecule has 2 aromatic rings. The lowest BCUT2D eigenvalue weighted by Gasteiger charge is -2.11. The van der Waals surface area contributed by atoms with E-state index in [9.17, 15) is 14.9 Å². The van der Waals surface area contributed by atoms with Crippen molar-refractivity contribution in [3.8, 4) is 11.8 Å². The van der Waals surface area contributed by atoms with Gasteiger partial charge in [0.1, 0.15) is 24.0 Å². The second-order valence-corrected chi connectivity index (χ2v) is 5.70. The molecule has 0 radical (unpaired) electrons. The summed E-state index contributed by atoms with van der Waals surface area (Å²) in [6.45, 7) is 1.61. The van der Waals surface area contributed by atoms with Gasteiger partial charge in [-0.3, -0.25) is 13.9 Å². The van der Waals surface area contributed by atoms with E-state index in [-0.39, 0.29) is 24.4 Å². The predicted octanol–water partition coefficient (Wildman–Crippen LogP) is 0.923. The predicted molar refractivity (Wildman–Crippen MR) is 90.8 cm³/mol. The van der Waals surface area contributed by atoms with Gasteiger partial charge in [-0.1, -0.05) is 18.2 Å². The molecule has 0 atom stereocenters. The second kappa shape index (κ2) is 7.81. The summed E-state index contributed by atoms with van der Waals surface area (Å²) in [5.74, 6) is 0.762. The minimum atomic E-state index is -0.523. The van der Waals surface area contributed by atoms with Crippen molar-refractivity contribution >= 4 is 0 Å². The van der Waals surface area contributed by atoms with Crippen LogP contribution < -0.4 is 16.0 Å². The summed E-state index contributed by atoms with van der Waals surface area (Å²) in [5, 5.41) is 9.22. The van der Waals surface area contributed by atoms with Gasteiger partial charge in [-0.15, -0.1) is 0 Å². The van der Waals surface area contributed by atoms with E-state index in [4.69, 9.17) is 9.47 Å². The second-order valence-electron chi connectivity index (χ2n) is 5.70. The highest BCUT2D eigenvalue weighted by Crippen LogP contribution is 2.13. The van der Waals surface area contributed by atoms with Gasteiger partial charge in [-0.05, 0) is 25.0 Å². The Kier molecular flexibility index (Phi) is 5.31. The molecule has 0 saturated heterocycles. The fourth-order valence-electron chi connectivity index (χ4n) is 2.94. The normalized spacial score (nSPS) is 12.6. The monoisotopic (exact) mass is 341 g/mol. The highest BCUT2D eigenvalue weighted by atomic mass is 16.5. The maximum atomic E-state index is 12.4. The van der Waals surface area contributed by atoms with Crippen LogP contribution in [0.2, 0.25) is 0 Å². The molecule has 0 fully saturated rings. The maximum absolute atomic E-state index is 12.4. The van der Waals surface area contributed by atoms with Crippen LogP contribution in [-0.2, 0) is 24.2 Å². The highest BCUT2D eigenvalue weighted by molar-refractivity contribution is 5.32. The van der Waals surface area contributed by atoms with Crippen LogP contribution in [0.5, 0.6) is 5.75 Å². The molecule has 7 nitrogen and oxygen atoms in total. The molecule has 1 aliphatic heterocycles. The van der Waals surface area contributed by atoms with Crippen molar-refractivity contribution in [2.75, 3.05) is 19.8 Å².